The molecule has 0 saturated heterocycles. The van der Waals surface area contributed by atoms with Gasteiger partial charge in [-0.25, -0.2) is 0 Å². The largest absolute Gasteiger partial charge is 0.481 e. The molecule has 0 aromatic carbocycles. The first-order valence-electron chi connectivity index (χ1n) is 6.56. The average molecular weight is 260 g/mol. The SMILES string of the molecule is C[C@@H](O)CCCCCC[C@@H](CCC(=O)O)C(=O)O. The topological polar surface area (TPSA) is 94.8 Å². The number of aliphatic hydroxyl groups is 1. The Morgan fingerprint density at radius 3 is 1.94 bits per heavy atom. The van der Waals surface area contributed by atoms with Gasteiger partial charge in [-0.1, -0.05) is 25.7 Å². The van der Waals surface area contributed by atoms with Gasteiger partial charge in [-0.15, -0.1) is 0 Å². The van der Waals surface area contributed by atoms with E-state index in [0.717, 1.165) is 32.1 Å². The Morgan fingerprint density at radius 1 is 0.944 bits per heavy atom. The smallest absolute Gasteiger partial charge is 0.306 e. The molecule has 106 valence electrons. The van der Waals surface area contributed by atoms with Crippen LogP contribution in [0.2, 0.25) is 0 Å². The highest BCUT2D eigenvalue weighted by atomic mass is 16.4. The quantitative estimate of drug-likeness (QED) is 0.495. The van der Waals surface area contributed by atoms with E-state index in [-0.39, 0.29) is 18.9 Å². The zero-order valence-corrected chi connectivity index (χ0v) is 11.0. The first-order chi connectivity index (χ1) is 8.43. The van der Waals surface area contributed by atoms with Crippen LogP contribution >= 0.6 is 0 Å². The maximum Gasteiger partial charge on any atom is 0.306 e. The Bertz CT molecular complexity index is 250. The van der Waals surface area contributed by atoms with E-state index in [1.807, 2.05) is 0 Å². The first-order valence-corrected chi connectivity index (χ1v) is 6.56. The fraction of sp³-hybridized carbons (Fsp3) is 0.846. The number of hydrogen-bond acceptors (Lipinski definition) is 3. The van der Waals surface area contributed by atoms with E-state index >= 15 is 0 Å². The summed E-state index contributed by atoms with van der Waals surface area (Å²) in [6.07, 6.45) is 4.84. The molecular formula is C13H24O5. The fourth-order valence-corrected chi connectivity index (χ4v) is 1.87. The lowest BCUT2D eigenvalue weighted by Gasteiger charge is -2.10. The minimum atomic E-state index is -0.946. The molecule has 0 unspecified atom stereocenters. The molecule has 0 amide bonds. The van der Waals surface area contributed by atoms with Crippen LogP contribution in [0.4, 0.5) is 0 Å². The zero-order chi connectivity index (χ0) is 14.0. The van der Waals surface area contributed by atoms with Crippen LogP contribution < -0.4 is 0 Å². The van der Waals surface area contributed by atoms with Crippen LogP contribution in [0.1, 0.15) is 58.3 Å². The van der Waals surface area contributed by atoms with Crippen molar-refractivity contribution in [2.75, 3.05) is 0 Å². The minimum Gasteiger partial charge on any atom is -0.481 e. The Hall–Kier alpha value is -1.10. The van der Waals surface area contributed by atoms with Gasteiger partial charge in [0.25, 0.3) is 0 Å². The molecule has 0 fully saturated rings. The van der Waals surface area contributed by atoms with Gasteiger partial charge in [0.05, 0.1) is 12.0 Å². The number of rotatable bonds is 11. The van der Waals surface area contributed by atoms with E-state index < -0.39 is 17.9 Å². The van der Waals surface area contributed by atoms with Crippen LogP contribution in [-0.2, 0) is 9.59 Å². The van der Waals surface area contributed by atoms with Gasteiger partial charge in [-0.3, -0.25) is 9.59 Å². The van der Waals surface area contributed by atoms with E-state index in [9.17, 15) is 9.59 Å². The molecule has 2 atom stereocenters. The number of carboxylic acid groups (broad SMARTS) is 2. The van der Waals surface area contributed by atoms with Gasteiger partial charge in [0.2, 0.25) is 0 Å². The molecule has 5 nitrogen and oxygen atoms in total. The summed E-state index contributed by atoms with van der Waals surface area (Å²) >= 11 is 0. The summed E-state index contributed by atoms with van der Waals surface area (Å²) in [7, 11) is 0. The van der Waals surface area contributed by atoms with Crippen LogP contribution in [0, 0.1) is 5.92 Å². The van der Waals surface area contributed by atoms with Crippen molar-refractivity contribution in [2.45, 2.75) is 64.4 Å². The normalized spacial score (nSPS) is 14.1. The molecule has 0 aliphatic carbocycles. The molecule has 0 aliphatic rings. The summed E-state index contributed by atoms with van der Waals surface area (Å²) in [5.41, 5.74) is 0. The van der Waals surface area contributed by atoms with Crippen LogP contribution in [0.15, 0.2) is 0 Å². The van der Waals surface area contributed by atoms with Crippen molar-refractivity contribution in [3.63, 3.8) is 0 Å². The molecule has 0 heterocycles. The van der Waals surface area contributed by atoms with Crippen LogP contribution in [0.3, 0.4) is 0 Å². The molecule has 0 rings (SSSR count). The molecule has 0 bridgehead atoms. The van der Waals surface area contributed by atoms with E-state index in [0.29, 0.717) is 6.42 Å². The Morgan fingerprint density at radius 2 is 1.50 bits per heavy atom. The van der Waals surface area contributed by atoms with Crippen LogP contribution in [0.5, 0.6) is 0 Å². The van der Waals surface area contributed by atoms with Crippen molar-refractivity contribution in [2.24, 2.45) is 5.92 Å². The molecule has 0 radical (unpaired) electrons. The Labute approximate surface area is 108 Å². The molecule has 18 heavy (non-hydrogen) atoms. The van der Waals surface area contributed by atoms with Crippen molar-refractivity contribution in [1.29, 1.82) is 0 Å². The highest BCUT2D eigenvalue weighted by Crippen LogP contribution is 2.17. The van der Waals surface area contributed by atoms with Gasteiger partial charge in [0.1, 0.15) is 0 Å². The maximum absolute atomic E-state index is 10.9. The molecule has 0 spiro atoms. The van der Waals surface area contributed by atoms with Gasteiger partial charge in [-0.05, 0) is 26.2 Å². The lowest BCUT2D eigenvalue weighted by atomic mass is 9.96. The summed E-state index contributed by atoms with van der Waals surface area (Å²) in [6, 6.07) is 0. The first kappa shape index (κ1) is 16.9. The highest BCUT2D eigenvalue weighted by Gasteiger charge is 2.17. The minimum absolute atomic E-state index is 0.0843. The number of aliphatic carboxylic acids is 2. The van der Waals surface area contributed by atoms with Gasteiger partial charge in [-0.2, -0.15) is 0 Å². The molecule has 0 saturated carbocycles. The summed E-state index contributed by atoms with van der Waals surface area (Å²) in [6.45, 7) is 1.76. The van der Waals surface area contributed by atoms with Crippen molar-refractivity contribution < 1.29 is 24.9 Å². The summed E-state index contributed by atoms with van der Waals surface area (Å²) in [4.78, 5) is 21.3. The van der Waals surface area contributed by atoms with Crippen LogP contribution in [-0.4, -0.2) is 33.4 Å². The van der Waals surface area contributed by atoms with Gasteiger partial charge >= 0.3 is 11.9 Å². The Kier molecular flexibility index (Phi) is 9.28. The number of unbranched alkanes of at least 4 members (excludes halogenated alkanes) is 3. The standard InChI is InChI=1S/C13H24O5/c1-10(14)6-4-2-3-5-7-11(13(17)18)8-9-12(15)16/h10-11,14H,2-9H2,1H3,(H,15,16)(H,17,18)/t10-,11+/m1/s1. The third-order valence-corrected chi connectivity index (χ3v) is 2.98. The van der Waals surface area contributed by atoms with E-state index in [4.69, 9.17) is 15.3 Å². The summed E-state index contributed by atoms with van der Waals surface area (Å²) < 4.78 is 0. The van der Waals surface area contributed by atoms with E-state index in [2.05, 4.69) is 0 Å². The number of hydrogen-bond donors (Lipinski definition) is 3. The van der Waals surface area contributed by atoms with Gasteiger partial charge < -0.3 is 15.3 Å². The fourth-order valence-electron chi connectivity index (χ4n) is 1.87. The molecule has 3 N–H and O–H groups in total. The Balaban J connectivity index is 3.64. The second-order valence-electron chi connectivity index (χ2n) is 4.81. The van der Waals surface area contributed by atoms with Crippen molar-refractivity contribution in [3.8, 4) is 0 Å². The lowest BCUT2D eigenvalue weighted by molar-refractivity contribution is -0.143. The van der Waals surface area contributed by atoms with E-state index in [1.165, 1.54) is 0 Å². The van der Waals surface area contributed by atoms with Crippen LogP contribution in [0.25, 0.3) is 0 Å². The monoisotopic (exact) mass is 260 g/mol. The van der Waals surface area contributed by atoms with Gasteiger partial charge in [0.15, 0.2) is 0 Å². The van der Waals surface area contributed by atoms with Crippen molar-refractivity contribution in [1.82, 2.24) is 0 Å². The molecule has 0 aromatic heterocycles. The third kappa shape index (κ3) is 10.1. The molecule has 0 aliphatic heterocycles. The second-order valence-corrected chi connectivity index (χ2v) is 4.81. The highest BCUT2D eigenvalue weighted by molar-refractivity contribution is 5.72. The van der Waals surface area contributed by atoms with E-state index in [1.54, 1.807) is 6.92 Å². The maximum atomic E-state index is 10.9. The summed E-state index contributed by atoms with van der Waals surface area (Å²) in [5, 5.41) is 26.5. The van der Waals surface area contributed by atoms with Crippen molar-refractivity contribution in [3.05, 3.63) is 0 Å². The number of carbonyl (C=O) groups is 2. The predicted octanol–water partition coefficient (Wildman–Crippen LogP) is 2.27. The number of aliphatic hydroxyl groups excluding tert-OH is 1. The second kappa shape index (κ2) is 9.88. The van der Waals surface area contributed by atoms with Gasteiger partial charge in [0, 0.05) is 6.42 Å². The van der Waals surface area contributed by atoms with Crippen molar-refractivity contribution >= 4 is 11.9 Å². The lowest BCUT2D eigenvalue weighted by Crippen LogP contribution is -2.15. The summed E-state index contributed by atoms with van der Waals surface area (Å²) in [5.74, 6) is -2.39. The number of carboxylic acids is 2. The third-order valence-electron chi connectivity index (χ3n) is 2.98. The molecule has 0 aromatic rings. The molecule has 5 heteroatoms. The average Bonchev–Trinajstić information content (AvgIpc) is 2.25. The predicted molar refractivity (Wildman–Crippen MR) is 67.4 cm³/mol. The molecular weight excluding hydrogens is 236 g/mol. The zero-order valence-electron chi connectivity index (χ0n) is 11.0.